The van der Waals surface area contributed by atoms with E-state index >= 15 is 0 Å². The van der Waals surface area contributed by atoms with Crippen molar-refractivity contribution in [1.29, 1.82) is 0 Å². The predicted octanol–water partition coefficient (Wildman–Crippen LogP) is 6.69. The Morgan fingerprint density at radius 3 is 1.68 bits per heavy atom. The number of aromatic amines is 2. The molecule has 196 valence electrons. The maximum Gasteiger partial charge on any atom is 0.248 e. The van der Waals surface area contributed by atoms with Gasteiger partial charge in [-0.15, -0.1) is 0 Å². The zero-order chi connectivity index (χ0) is 27.3. The fraction of sp³-hybridized carbons (Fsp3) is 0.0625. The summed E-state index contributed by atoms with van der Waals surface area (Å²) in [6.45, 7) is 0. The molecule has 0 atom stereocenters. The van der Waals surface area contributed by atoms with Gasteiger partial charge in [0.15, 0.2) is 0 Å². The van der Waals surface area contributed by atoms with Crippen LogP contribution in [0.5, 0.6) is 0 Å². The van der Waals surface area contributed by atoms with Crippen LogP contribution in [0.1, 0.15) is 12.8 Å². The number of hydrogen-bond donors (Lipinski definition) is 4. The molecule has 2 aromatic heterocycles. The van der Waals surface area contributed by atoms with Crippen molar-refractivity contribution in [3.05, 3.63) is 109 Å². The summed E-state index contributed by atoms with van der Waals surface area (Å²) in [5, 5.41) is 5.73. The summed E-state index contributed by atoms with van der Waals surface area (Å²) in [6.07, 6.45) is 3.85. The van der Waals surface area contributed by atoms with Crippen molar-refractivity contribution in [1.82, 2.24) is 19.9 Å². The number of carbonyl (C=O) groups excluding carboxylic acids is 2. The SMILES string of the molecule is O=C(/C=C/CCC(=O)Nc1ccc(-c2nc3ccccc3[nH]2)cc1)Nc1ccc(-c2nc3ccccc3[nH]2)cc1. The molecule has 2 amide bonds. The lowest BCUT2D eigenvalue weighted by Gasteiger charge is -2.05. The molecule has 40 heavy (non-hydrogen) atoms. The highest BCUT2D eigenvalue weighted by atomic mass is 16.2. The normalized spacial score (nSPS) is 11.3. The number of amides is 2. The zero-order valence-electron chi connectivity index (χ0n) is 21.5. The van der Waals surface area contributed by atoms with E-state index in [1.807, 2.05) is 97.1 Å². The molecular weight excluding hydrogens is 500 g/mol. The standard InChI is InChI=1S/C32H26N6O2/c39-29(33-23-17-13-21(14-18-23)31-35-25-7-1-2-8-26(25)36-31)11-5-6-12-30(40)34-24-19-15-22(16-20-24)32-37-27-9-3-4-10-28(27)38-32/h1-5,7-11,13-20H,6,12H2,(H,33,39)(H,34,40)(H,35,36)(H,37,38)/b11-5+. The van der Waals surface area contributed by atoms with Gasteiger partial charge in [0.2, 0.25) is 11.8 Å². The topological polar surface area (TPSA) is 116 Å². The molecule has 0 fully saturated rings. The van der Waals surface area contributed by atoms with Crippen molar-refractivity contribution in [3.8, 4) is 22.8 Å². The van der Waals surface area contributed by atoms with Crippen LogP contribution < -0.4 is 10.6 Å². The van der Waals surface area contributed by atoms with Crippen molar-refractivity contribution in [3.63, 3.8) is 0 Å². The summed E-state index contributed by atoms with van der Waals surface area (Å²) < 4.78 is 0. The lowest BCUT2D eigenvalue weighted by Crippen LogP contribution is -2.11. The number of H-pyrrole nitrogens is 2. The Balaban J connectivity index is 0.960. The van der Waals surface area contributed by atoms with Gasteiger partial charge < -0.3 is 20.6 Å². The molecule has 6 rings (SSSR count). The van der Waals surface area contributed by atoms with Crippen LogP contribution in [0.25, 0.3) is 44.8 Å². The largest absolute Gasteiger partial charge is 0.338 e. The van der Waals surface area contributed by atoms with E-state index in [1.54, 1.807) is 6.08 Å². The van der Waals surface area contributed by atoms with Crippen molar-refractivity contribution < 1.29 is 9.59 Å². The second-order valence-corrected chi connectivity index (χ2v) is 9.34. The molecule has 0 aliphatic carbocycles. The van der Waals surface area contributed by atoms with E-state index in [0.717, 1.165) is 44.8 Å². The number of aromatic nitrogens is 4. The Hall–Kier alpha value is -5.50. The Morgan fingerprint density at radius 1 is 0.650 bits per heavy atom. The smallest absolute Gasteiger partial charge is 0.248 e. The van der Waals surface area contributed by atoms with Crippen LogP contribution >= 0.6 is 0 Å². The third-order valence-electron chi connectivity index (χ3n) is 6.45. The lowest BCUT2D eigenvalue weighted by atomic mass is 10.2. The fourth-order valence-corrected chi connectivity index (χ4v) is 4.41. The third kappa shape index (κ3) is 5.66. The first-order valence-corrected chi connectivity index (χ1v) is 13.0. The number of rotatable bonds is 8. The van der Waals surface area contributed by atoms with E-state index in [2.05, 4.69) is 30.6 Å². The van der Waals surface area contributed by atoms with Gasteiger partial charge >= 0.3 is 0 Å². The molecule has 0 aliphatic heterocycles. The van der Waals surface area contributed by atoms with Gasteiger partial charge in [0.25, 0.3) is 0 Å². The Bertz CT molecular complexity index is 1770. The number of nitrogens with zero attached hydrogens (tertiary/aromatic N) is 2. The molecule has 4 aromatic carbocycles. The van der Waals surface area contributed by atoms with Crippen molar-refractivity contribution in [2.45, 2.75) is 12.8 Å². The maximum absolute atomic E-state index is 12.4. The molecule has 0 spiro atoms. The monoisotopic (exact) mass is 526 g/mol. The molecule has 2 heterocycles. The first-order valence-electron chi connectivity index (χ1n) is 13.0. The number of benzene rings is 4. The van der Waals surface area contributed by atoms with Gasteiger partial charge in [0.1, 0.15) is 11.6 Å². The molecule has 0 saturated carbocycles. The number of imidazole rings is 2. The molecule has 6 aromatic rings. The molecular formula is C32H26N6O2. The first kappa shape index (κ1) is 24.8. The zero-order valence-corrected chi connectivity index (χ0v) is 21.5. The predicted molar refractivity (Wildman–Crippen MR) is 159 cm³/mol. The Kier molecular flexibility index (Phi) is 6.88. The van der Waals surface area contributed by atoms with E-state index in [1.165, 1.54) is 6.08 Å². The summed E-state index contributed by atoms with van der Waals surface area (Å²) in [5.74, 6) is 1.19. The van der Waals surface area contributed by atoms with Gasteiger partial charge in [0, 0.05) is 28.9 Å². The van der Waals surface area contributed by atoms with Crippen LogP contribution in [-0.2, 0) is 9.59 Å². The van der Waals surface area contributed by atoms with Crippen LogP contribution in [0, 0.1) is 0 Å². The van der Waals surface area contributed by atoms with E-state index in [0.29, 0.717) is 17.8 Å². The van der Waals surface area contributed by atoms with Gasteiger partial charge in [-0.1, -0.05) is 30.3 Å². The molecule has 4 N–H and O–H groups in total. The van der Waals surface area contributed by atoms with Crippen LogP contribution in [0.2, 0.25) is 0 Å². The molecule has 0 aliphatic rings. The van der Waals surface area contributed by atoms with Gasteiger partial charge in [-0.3, -0.25) is 9.59 Å². The average Bonchev–Trinajstić information content (AvgIpc) is 3.61. The summed E-state index contributed by atoms with van der Waals surface area (Å²) in [5.41, 5.74) is 7.03. The number of anilines is 2. The van der Waals surface area contributed by atoms with E-state index in [9.17, 15) is 9.59 Å². The molecule has 0 radical (unpaired) electrons. The van der Waals surface area contributed by atoms with E-state index in [4.69, 9.17) is 0 Å². The van der Waals surface area contributed by atoms with Crippen LogP contribution in [0.4, 0.5) is 11.4 Å². The number of hydrogen-bond acceptors (Lipinski definition) is 4. The minimum atomic E-state index is -0.252. The average molecular weight is 527 g/mol. The Labute approximate surface area is 230 Å². The molecule has 0 bridgehead atoms. The summed E-state index contributed by atoms with van der Waals surface area (Å²) in [7, 11) is 0. The van der Waals surface area contributed by atoms with Crippen molar-refractivity contribution in [2.24, 2.45) is 0 Å². The Morgan fingerprint density at radius 2 is 1.15 bits per heavy atom. The highest BCUT2D eigenvalue weighted by Crippen LogP contribution is 2.23. The number of allylic oxidation sites excluding steroid dienone is 1. The van der Waals surface area contributed by atoms with Gasteiger partial charge in [-0.2, -0.15) is 0 Å². The van der Waals surface area contributed by atoms with Crippen LogP contribution in [-0.4, -0.2) is 31.8 Å². The van der Waals surface area contributed by atoms with Crippen molar-refractivity contribution >= 4 is 45.3 Å². The van der Waals surface area contributed by atoms with E-state index in [-0.39, 0.29) is 18.2 Å². The van der Waals surface area contributed by atoms with Crippen LogP contribution in [0.15, 0.2) is 109 Å². The van der Waals surface area contributed by atoms with Crippen LogP contribution in [0.3, 0.4) is 0 Å². The summed E-state index contributed by atoms with van der Waals surface area (Å²) >= 11 is 0. The molecule has 8 heteroatoms. The minimum absolute atomic E-state index is 0.122. The number of fused-ring (bicyclic) bond motifs is 2. The second-order valence-electron chi connectivity index (χ2n) is 9.34. The highest BCUT2D eigenvalue weighted by molar-refractivity contribution is 5.99. The maximum atomic E-state index is 12.4. The van der Waals surface area contributed by atoms with Gasteiger partial charge in [-0.05, 0) is 85.3 Å². The third-order valence-corrected chi connectivity index (χ3v) is 6.45. The van der Waals surface area contributed by atoms with Gasteiger partial charge in [0.05, 0.1) is 22.1 Å². The number of nitrogens with one attached hydrogen (secondary N) is 4. The quantitative estimate of drug-likeness (QED) is 0.165. The lowest BCUT2D eigenvalue weighted by molar-refractivity contribution is -0.116. The molecule has 0 unspecified atom stereocenters. The van der Waals surface area contributed by atoms with Gasteiger partial charge in [-0.25, -0.2) is 9.97 Å². The summed E-state index contributed by atoms with van der Waals surface area (Å²) in [4.78, 5) is 40.5. The van der Waals surface area contributed by atoms with Crippen molar-refractivity contribution in [2.75, 3.05) is 10.6 Å². The molecule has 8 nitrogen and oxygen atoms in total. The highest BCUT2D eigenvalue weighted by Gasteiger charge is 2.07. The minimum Gasteiger partial charge on any atom is -0.338 e. The molecule has 0 saturated heterocycles. The first-order chi connectivity index (χ1) is 19.6. The van der Waals surface area contributed by atoms with E-state index < -0.39 is 0 Å². The second kappa shape index (κ2) is 11.1. The summed E-state index contributed by atoms with van der Waals surface area (Å²) in [6, 6.07) is 30.7. The fourth-order valence-electron chi connectivity index (χ4n) is 4.41. The number of para-hydroxylation sites is 4. The number of carbonyl (C=O) groups is 2.